The Kier molecular flexibility index (Phi) is 4.93. The Bertz CT molecular complexity index is 465. The fourth-order valence-electron chi connectivity index (χ4n) is 2.78. The van der Waals surface area contributed by atoms with Crippen LogP contribution in [0.3, 0.4) is 0 Å². The maximum atomic E-state index is 11.0. The van der Waals surface area contributed by atoms with E-state index in [9.17, 15) is 10.1 Å². The summed E-state index contributed by atoms with van der Waals surface area (Å²) in [4.78, 5) is 10.7. The second-order valence-corrected chi connectivity index (χ2v) is 6.36. The van der Waals surface area contributed by atoms with Crippen molar-refractivity contribution in [2.45, 2.75) is 32.7 Å². The summed E-state index contributed by atoms with van der Waals surface area (Å²) in [5.74, 6) is 1.55. The fraction of sp³-hybridized carbons (Fsp3) is 0.571. The van der Waals surface area contributed by atoms with Crippen LogP contribution in [0.15, 0.2) is 22.7 Å². The zero-order valence-electron chi connectivity index (χ0n) is 11.1. The lowest BCUT2D eigenvalue weighted by molar-refractivity contribution is -0.385. The lowest BCUT2D eigenvalue weighted by Crippen LogP contribution is -2.21. The highest BCUT2D eigenvalue weighted by atomic mass is 79.9. The Morgan fingerprint density at radius 2 is 2.26 bits per heavy atom. The summed E-state index contributed by atoms with van der Waals surface area (Å²) >= 11 is 3.27. The summed E-state index contributed by atoms with van der Waals surface area (Å²) in [7, 11) is 0. The van der Waals surface area contributed by atoms with Crippen molar-refractivity contribution in [2.24, 2.45) is 11.8 Å². The topological polar surface area (TPSA) is 55.2 Å². The lowest BCUT2D eigenvalue weighted by atomic mass is 10.1. The molecule has 0 amide bonds. The summed E-state index contributed by atoms with van der Waals surface area (Å²) in [5, 5.41) is 14.4. The molecule has 1 fully saturated rings. The van der Waals surface area contributed by atoms with E-state index in [1.807, 2.05) is 12.1 Å². The van der Waals surface area contributed by atoms with E-state index in [1.165, 1.54) is 19.3 Å². The molecule has 0 bridgehead atoms. The maximum absolute atomic E-state index is 11.0. The molecule has 4 nitrogen and oxygen atoms in total. The van der Waals surface area contributed by atoms with Crippen molar-refractivity contribution < 1.29 is 4.92 Å². The molecule has 1 aromatic carbocycles. The molecular formula is C14H19BrN2O2. The standard InChI is InChI=1S/C14H19BrN2O2/c1-10-2-3-11(6-10)8-16-9-12-4-5-13(15)7-14(12)17(18)19/h4-5,7,10-11,16H,2-3,6,8-9H2,1H3. The molecule has 19 heavy (non-hydrogen) atoms. The Labute approximate surface area is 121 Å². The van der Waals surface area contributed by atoms with Gasteiger partial charge in [0.1, 0.15) is 0 Å². The number of nitrogens with one attached hydrogen (secondary N) is 1. The number of hydrogen-bond acceptors (Lipinski definition) is 3. The molecule has 2 rings (SSSR count). The van der Waals surface area contributed by atoms with Crippen LogP contribution in [-0.2, 0) is 6.54 Å². The first-order chi connectivity index (χ1) is 9.06. The minimum Gasteiger partial charge on any atom is -0.312 e. The first-order valence-electron chi connectivity index (χ1n) is 6.70. The molecule has 0 spiro atoms. The predicted octanol–water partition coefficient (Wildman–Crippen LogP) is 3.88. The molecule has 1 aliphatic rings. The second-order valence-electron chi connectivity index (χ2n) is 5.45. The van der Waals surface area contributed by atoms with E-state index in [0.717, 1.165) is 28.4 Å². The van der Waals surface area contributed by atoms with Gasteiger partial charge in [-0.25, -0.2) is 0 Å². The number of hydrogen-bond donors (Lipinski definition) is 1. The van der Waals surface area contributed by atoms with E-state index in [4.69, 9.17) is 0 Å². The number of nitro groups is 1. The van der Waals surface area contributed by atoms with Crippen molar-refractivity contribution in [3.05, 3.63) is 38.3 Å². The summed E-state index contributed by atoms with van der Waals surface area (Å²) in [5.41, 5.74) is 0.931. The third-order valence-electron chi connectivity index (χ3n) is 3.80. The number of halogens is 1. The molecule has 1 aromatic rings. The van der Waals surface area contributed by atoms with Gasteiger partial charge in [0.05, 0.1) is 4.92 Å². The quantitative estimate of drug-likeness (QED) is 0.659. The summed E-state index contributed by atoms with van der Waals surface area (Å²) in [6, 6.07) is 5.23. The van der Waals surface area contributed by atoms with E-state index < -0.39 is 0 Å². The van der Waals surface area contributed by atoms with Crippen LogP contribution in [0, 0.1) is 22.0 Å². The molecule has 2 unspecified atom stereocenters. The van der Waals surface area contributed by atoms with Crippen LogP contribution in [-0.4, -0.2) is 11.5 Å². The van der Waals surface area contributed by atoms with Crippen LogP contribution < -0.4 is 5.32 Å². The monoisotopic (exact) mass is 326 g/mol. The predicted molar refractivity (Wildman–Crippen MR) is 79.0 cm³/mol. The van der Waals surface area contributed by atoms with E-state index in [0.29, 0.717) is 6.54 Å². The Morgan fingerprint density at radius 1 is 1.47 bits per heavy atom. The van der Waals surface area contributed by atoms with Crippen LogP contribution in [0.1, 0.15) is 31.7 Å². The van der Waals surface area contributed by atoms with E-state index in [2.05, 4.69) is 28.2 Å². The minimum absolute atomic E-state index is 0.182. The van der Waals surface area contributed by atoms with Gasteiger partial charge in [0.2, 0.25) is 0 Å². The van der Waals surface area contributed by atoms with Gasteiger partial charge < -0.3 is 5.32 Å². The van der Waals surface area contributed by atoms with Gasteiger partial charge in [-0.05, 0) is 43.4 Å². The van der Waals surface area contributed by atoms with Crippen molar-refractivity contribution >= 4 is 21.6 Å². The lowest BCUT2D eigenvalue weighted by Gasteiger charge is -2.11. The van der Waals surface area contributed by atoms with Gasteiger partial charge in [-0.1, -0.05) is 29.3 Å². The van der Waals surface area contributed by atoms with Crippen LogP contribution in [0.25, 0.3) is 0 Å². The summed E-state index contributed by atoms with van der Waals surface area (Å²) in [6.45, 7) is 3.81. The molecule has 1 aliphatic carbocycles. The van der Waals surface area contributed by atoms with E-state index in [1.54, 1.807) is 6.07 Å². The SMILES string of the molecule is CC1CCC(CNCc2ccc(Br)cc2[N+](=O)[O-])C1. The fourth-order valence-corrected chi connectivity index (χ4v) is 3.13. The number of nitrogens with zero attached hydrogens (tertiary/aromatic N) is 1. The average Bonchev–Trinajstić information content (AvgIpc) is 2.77. The molecular weight excluding hydrogens is 308 g/mol. The second kappa shape index (κ2) is 6.48. The molecule has 0 saturated heterocycles. The Hall–Kier alpha value is -0.940. The van der Waals surface area contributed by atoms with Crippen LogP contribution in [0.5, 0.6) is 0 Å². The molecule has 104 valence electrons. The molecule has 0 aliphatic heterocycles. The van der Waals surface area contributed by atoms with Gasteiger partial charge in [0.25, 0.3) is 5.69 Å². The van der Waals surface area contributed by atoms with Crippen molar-refractivity contribution in [1.82, 2.24) is 5.32 Å². The maximum Gasteiger partial charge on any atom is 0.275 e. The average molecular weight is 327 g/mol. The minimum atomic E-state index is -0.320. The van der Waals surface area contributed by atoms with Crippen LogP contribution in [0.2, 0.25) is 0 Å². The van der Waals surface area contributed by atoms with Gasteiger partial charge in [0, 0.05) is 22.6 Å². The Morgan fingerprint density at radius 3 is 2.89 bits per heavy atom. The molecule has 1 N–H and O–H groups in total. The van der Waals surface area contributed by atoms with Crippen LogP contribution in [0.4, 0.5) is 5.69 Å². The molecule has 0 radical (unpaired) electrons. The normalized spacial score (nSPS) is 22.6. The first-order valence-corrected chi connectivity index (χ1v) is 7.49. The van der Waals surface area contributed by atoms with Crippen molar-refractivity contribution in [3.63, 3.8) is 0 Å². The van der Waals surface area contributed by atoms with Gasteiger partial charge in [0.15, 0.2) is 0 Å². The third-order valence-corrected chi connectivity index (χ3v) is 4.29. The zero-order chi connectivity index (χ0) is 13.8. The largest absolute Gasteiger partial charge is 0.312 e. The first kappa shape index (κ1) is 14.5. The van der Waals surface area contributed by atoms with Crippen LogP contribution >= 0.6 is 15.9 Å². The van der Waals surface area contributed by atoms with Crippen molar-refractivity contribution in [1.29, 1.82) is 0 Å². The molecule has 1 saturated carbocycles. The highest BCUT2D eigenvalue weighted by Gasteiger charge is 2.21. The van der Waals surface area contributed by atoms with Gasteiger partial charge >= 0.3 is 0 Å². The molecule has 0 heterocycles. The zero-order valence-corrected chi connectivity index (χ0v) is 12.6. The smallest absolute Gasteiger partial charge is 0.275 e. The van der Waals surface area contributed by atoms with Gasteiger partial charge in [-0.3, -0.25) is 10.1 Å². The third kappa shape index (κ3) is 4.01. The highest BCUT2D eigenvalue weighted by Crippen LogP contribution is 2.30. The molecule has 5 heteroatoms. The van der Waals surface area contributed by atoms with Crippen molar-refractivity contribution in [2.75, 3.05) is 6.54 Å². The molecule has 2 atom stereocenters. The number of benzene rings is 1. The summed E-state index contributed by atoms with van der Waals surface area (Å²) in [6.07, 6.45) is 3.86. The molecule has 0 aromatic heterocycles. The number of rotatable bonds is 5. The van der Waals surface area contributed by atoms with Gasteiger partial charge in [-0.2, -0.15) is 0 Å². The van der Waals surface area contributed by atoms with E-state index in [-0.39, 0.29) is 10.6 Å². The van der Waals surface area contributed by atoms with Gasteiger partial charge in [-0.15, -0.1) is 0 Å². The summed E-state index contributed by atoms with van der Waals surface area (Å²) < 4.78 is 0.743. The number of nitro benzene ring substituents is 1. The van der Waals surface area contributed by atoms with Crippen molar-refractivity contribution in [3.8, 4) is 0 Å². The van der Waals surface area contributed by atoms with E-state index >= 15 is 0 Å². The highest BCUT2D eigenvalue weighted by molar-refractivity contribution is 9.10. The Balaban J connectivity index is 1.90.